The average molecular weight is 417 g/mol. The molecular weight excluding hydrogens is 409 g/mol. The standard InChI is InChI=1S/2C7H3Cl2N.2ClH/c2*1-10-6-4-2-3-5(8)7(6)9;;/h2*2-4H;2*1H. The van der Waals surface area contributed by atoms with Crippen LogP contribution >= 0.6 is 71.2 Å². The van der Waals surface area contributed by atoms with Gasteiger partial charge in [-0.2, -0.15) is 0 Å². The second-order valence-electron chi connectivity index (χ2n) is 3.37. The minimum absolute atomic E-state index is 0. The molecule has 0 N–H and O–H groups in total. The van der Waals surface area contributed by atoms with Crippen LogP contribution < -0.4 is 0 Å². The summed E-state index contributed by atoms with van der Waals surface area (Å²) in [5.41, 5.74) is 0.795. The van der Waals surface area contributed by atoms with E-state index < -0.39 is 0 Å². The van der Waals surface area contributed by atoms with Crippen molar-refractivity contribution in [3.05, 3.63) is 79.3 Å². The number of benzene rings is 2. The topological polar surface area (TPSA) is 8.72 Å². The van der Waals surface area contributed by atoms with Crippen LogP contribution in [0.4, 0.5) is 11.4 Å². The fourth-order valence-corrected chi connectivity index (χ4v) is 1.83. The molecule has 0 bridgehead atoms. The molecule has 22 heavy (non-hydrogen) atoms. The predicted molar refractivity (Wildman–Crippen MR) is 99.9 cm³/mol. The molecule has 0 radical (unpaired) electrons. The van der Waals surface area contributed by atoms with Crippen molar-refractivity contribution >= 4 is 82.6 Å². The monoisotopic (exact) mass is 414 g/mol. The van der Waals surface area contributed by atoms with Gasteiger partial charge >= 0.3 is 0 Å². The van der Waals surface area contributed by atoms with Crippen LogP contribution in [0.2, 0.25) is 20.1 Å². The summed E-state index contributed by atoms with van der Waals surface area (Å²) in [4.78, 5) is 6.33. The zero-order chi connectivity index (χ0) is 15.1. The summed E-state index contributed by atoms with van der Waals surface area (Å²) in [6, 6.07) is 9.95. The first kappa shape index (κ1) is 23.4. The van der Waals surface area contributed by atoms with Crippen molar-refractivity contribution in [1.29, 1.82) is 0 Å². The Bertz CT molecular complexity index is 642. The van der Waals surface area contributed by atoms with Gasteiger partial charge in [0.05, 0.1) is 23.2 Å². The van der Waals surface area contributed by atoms with Crippen LogP contribution in [0.25, 0.3) is 9.69 Å². The Balaban J connectivity index is 0. The molecule has 2 rings (SSSR count). The van der Waals surface area contributed by atoms with Crippen LogP contribution in [0.5, 0.6) is 0 Å². The smallest absolute Gasteiger partial charge is 0.206 e. The van der Waals surface area contributed by atoms with E-state index in [9.17, 15) is 0 Å². The first-order valence-electron chi connectivity index (χ1n) is 5.14. The van der Waals surface area contributed by atoms with Crippen molar-refractivity contribution < 1.29 is 0 Å². The van der Waals surface area contributed by atoms with E-state index in [1.54, 1.807) is 36.4 Å². The zero-order valence-electron chi connectivity index (χ0n) is 10.7. The minimum atomic E-state index is 0. The van der Waals surface area contributed by atoms with Gasteiger partial charge < -0.3 is 0 Å². The van der Waals surface area contributed by atoms with Gasteiger partial charge in [0.15, 0.2) is 0 Å². The Labute approximate surface area is 161 Å². The van der Waals surface area contributed by atoms with Gasteiger partial charge in [-0.1, -0.05) is 70.7 Å². The molecule has 0 saturated heterocycles. The minimum Gasteiger partial charge on any atom is -0.237 e. The molecule has 0 atom stereocenters. The molecular formula is C14H8Cl6N2. The highest BCUT2D eigenvalue weighted by Gasteiger charge is 2.02. The summed E-state index contributed by atoms with van der Waals surface area (Å²) in [5, 5.41) is 1.52. The molecule has 0 aromatic heterocycles. The summed E-state index contributed by atoms with van der Waals surface area (Å²) >= 11 is 22.5. The molecule has 0 spiro atoms. The normalized spacial score (nSPS) is 8.09. The van der Waals surface area contributed by atoms with E-state index in [2.05, 4.69) is 9.69 Å². The van der Waals surface area contributed by atoms with Gasteiger partial charge in [-0.15, -0.1) is 24.8 Å². The molecule has 0 aliphatic rings. The summed E-state index contributed by atoms with van der Waals surface area (Å²) < 4.78 is 0. The van der Waals surface area contributed by atoms with Crippen LogP contribution in [0.15, 0.2) is 36.4 Å². The van der Waals surface area contributed by atoms with Crippen molar-refractivity contribution in [3.8, 4) is 0 Å². The quantitative estimate of drug-likeness (QED) is 0.385. The zero-order valence-corrected chi connectivity index (χ0v) is 15.3. The average Bonchev–Trinajstić information content (AvgIpc) is 2.45. The highest BCUT2D eigenvalue weighted by atomic mass is 35.5. The third-order valence-electron chi connectivity index (χ3n) is 2.10. The second kappa shape index (κ2) is 11.7. The van der Waals surface area contributed by atoms with Gasteiger partial charge in [0.1, 0.15) is 0 Å². The van der Waals surface area contributed by atoms with E-state index in [1.807, 2.05) is 0 Å². The third-order valence-corrected chi connectivity index (χ3v) is 3.72. The maximum absolute atomic E-state index is 6.66. The van der Waals surface area contributed by atoms with Crippen LogP contribution in [0.3, 0.4) is 0 Å². The lowest BCUT2D eigenvalue weighted by atomic mass is 10.3. The molecule has 0 saturated carbocycles. The molecule has 2 aromatic carbocycles. The highest BCUT2D eigenvalue weighted by molar-refractivity contribution is 6.44. The predicted octanol–water partition coefficient (Wildman–Crippen LogP) is 7.93. The Morgan fingerprint density at radius 3 is 1.18 bits per heavy atom. The van der Waals surface area contributed by atoms with Gasteiger partial charge in [-0.05, 0) is 12.1 Å². The third kappa shape index (κ3) is 6.51. The van der Waals surface area contributed by atoms with Gasteiger partial charge in [0.25, 0.3) is 0 Å². The Morgan fingerprint density at radius 2 is 0.955 bits per heavy atom. The Kier molecular flexibility index (Phi) is 12.4. The molecule has 8 heteroatoms. The molecule has 0 heterocycles. The first-order chi connectivity index (χ1) is 9.51. The molecule has 0 aliphatic carbocycles. The number of halogens is 6. The van der Waals surface area contributed by atoms with Crippen molar-refractivity contribution in [3.63, 3.8) is 0 Å². The maximum atomic E-state index is 6.66. The SMILES string of the molecule is Cl.Cl.[C-]#[N+]c1cccc(Cl)c1Cl.[C-]#[N+]c1cccc(Cl)c1Cl. The van der Waals surface area contributed by atoms with Crippen molar-refractivity contribution in [1.82, 2.24) is 0 Å². The fourth-order valence-electron chi connectivity index (χ4n) is 1.16. The number of nitrogens with zero attached hydrogens (tertiary/aromatic N) is 2. The van der Waals surface area contributed by atoms with E-state index in [-0.39, 0.29) is 24.8 Å². The molecule has 2 nitrogen and oxygen atoms in total. The largest absolute Gasteiger partial charge is 0.237 e. The van der Waals surface area contributed by atoms with Gasteiger partial charge in [-0.25, -0.2) is 9.69 Å². The molecule has 116 valence electrons. The Hall–Kier alpha value is -0.840. The fraction of sp³-hybridized carbons (Fsp3) is 0. The summed E-state index contributed by atoms with van der Waals surface area (Å²) in [6.45, 7) is 13.3. The lowest BCUT2D eigenvalue weighted by Crippen LogP contribution is -1.66. The lowest BCUT2D eigenvalue weighted by molar-refractivity contribution is 1.71. The maximum Gasteiger partial charge on any atom is 0.206 e. The van der Waals surface area contributed by atoms with E-state index in [0.717, 1.165) is 0 Å². The second-order valence-corrected chi connectivity index (χ2v) is 4.94. The van der Waals surface area contributed by atoms with Gasteiger partial charge in [-0.3, -0.25) is 0 Å². The lowest BCUT2D eigenvalue weighted by Gasteiger charge is -1.94. The number of rotatable bonds is 0. The summed E-state index contributed by atoms with van der Waals surface area (Å²) in [6.07, 6.45) is 0. The van der Waals surface area contributed by atoms with E-state index in [4.69, 9.17) is 59.5 Å². The van der Waals surface area contributed by atoms with Crippen LogP contribution in [-0.4, -0.2) is 0 Å². The highest BCUT2D eigenvalue weighted by Crippen LogP contribution is 2.32. The van der Waals surface area contributed by atoms with E-state index in [1.165, 1.54) is 0 Å². The van der Waals surface area contributed by atoms with Crippen molar-refractivity contribution in [2.75, 3.05) is 0 Å². The number of hydrogen-bond donors (Lipinski definition) is 0. The molecule has 0 unspecified atom stereocenters. The summed E-state index contributed by atoms with van der Waals surface area (Å²) in [7, 11) is 0. The molecule has 2 aromatic rings. The van der Waals surface area contributed by atoms with E-state index >= 15 is 0 Å². The summed E-state index contributed by atoms with van der Waals surface area (Å²) in [5.74, 6) is 0. The van der Waals surface area contributed by atoms with Crippen LogP contribution in [0, 0.1) is 13.1 Å². The molecule has 0 aliphatic heterocycles. The first-order valence-corrected chi connectivity index (χ1v) is 6.65. The molecule has 0 fully saturated rings. The van der Waals surface area contributed by atoms with Crippen LogP contribution in [0.1, 0.15) is 0 Å². The number of hydrogen-bond acceptors (Lipinski definition) is 0. The van der Waals surface area contributed by atoms with Gasteiger partial charge in [0, 0.05) is 10.0 Å². The van der Waals surface area contributed by atoms with Crippen LogP contribution in [-0.2, 0) is 0 Å². The van der Waals surface area contributed by atoms with E-state index in [0.29, 0.717) is 31.5 Å². The molecule has 0 amide bonds. The van der Waals surface area contributed by atoms with Gasteiger partial charge in [0.2, 0.25) is 11.4 Å². The van der Waals surface area contributed by atoms with Crippen molar-refractivity contribution in [2.24, 2.45) is 0 Å². The van der Waals surface area contributed by atoms with Crippen molar-refractivity contribution in [2.45, 2.75) is 0 Å². The Morgan fingerprint density at radius 1 is 0.636 bits per heavy atom.